The first-order valence-corrected chi connectivity index (χ1v) is 8.15. The number of unbranched alkanes of at least 4 members (excludes halogenated alkanes) is 1. The SMILES string of the molecule is CC(C)CCCCN1CC2CCCCN2CC1C. The van der Waals surface area contributed by atoms with Gasteiger partial charge in [0.25, 0.3) is 0 Å². The number of rotatable bonds is 5. The van der Waals surface area contributed by atoms with Crippen molar-refractivity contribution >= 4 is 0 Å². The van der Waals surface area contributed by atoms with Crippen LogP contribution in [0.2, 0.25) is 0 Å². The summed E-state index contributed by atoms with van der Waals surface area (Å²) in [5.41, 5.74) is 0. The minimum absolute atomic E-state index is 0.776. The van der Waals surface area contributed by atoms with Crippen LogP contribution in [0.15, 0.2) is 0 Å². The van der Waals surface area contributed by atoms with E-state index < -0.39 is 0 Å². The Labute approximate surface area is 114 Å². The molecule has 2 nitrogen and oxygen atoms in total. The van der Waals surface area contributed by atoms with E-state index in [4.69, 9.17) is 0 Å². The molecule has 2 fully saturated rings. The van der Waals surface area contributed by atoms with Gasteiger partial charge < -0.3 is 0 Å². The Bertz CT molecular complexity index is 239. The van der Waals surface area contributed by atoms with Gasteiger partial charge in [-0.3, -0.25) is 9.80 Å². The number of hydrogen-bond donors (Lipinski definition) is 0. The average molecular weight is 252 g/mol. The molecule has 0 saturated carbocycles. The fraction of sp³-hybridized carbons (Fsp3) is 1.00. The summed E-state index contributed by atoms with van der Waals surface area (Å²) >= 11 is 0. The minimum atomic E-state index is 0.776. The molecule has 0 aliphatic carbocycles. The van der Waals surface area contributed by atoms with Gasteiger partial charge in [0.05, 0.1) is 0 Å². The molecule has 0 spiro atoms. The molecule has 2 unspecified atom stereocenters. The second-order valence-electron chi connectivity index (χ2n) is 6.88. The van der Waals surface area contributed by atoms with Crippen LogP contribution in [0.4, 0.5) is 0 Å². The standard InChI is InChI=1S/C16H32N2/c1-14(2)8-4-6-10-17-13-16-9-5-7-11-18(16)12-15(17)3/h14-16H,4-13H2,1-3H3. The van der Waals surface area contributed by atoms with E-state index in [9.17, 15) is 0 Å². The highest BCUT2D eigenvalue weighted by Gasteiger charge is 2.32. The van der Waals surface area contributed by atoms with Gasteiger partial charge in [0.2, 0.25) is 0 Å². The molecule has 2 aliphatic heterocycles. The van der Waals surface area contributed by atoms with Gasteiger partial charge in [-0.2, -0.15) is 0 Å². The van der Waals surface area contributed by atoms with Crippen LogP contribution >= 0.6 is 0 Å². The normalized spacial score (nSPS) is 30.7. The molecule has 0 aromatic carbocycles. The van der Waals surface area contributed by atoms with Crippen LogP contribution in [0.5, 0.6) is 0 Å². The highest BCUT2D eigenvalue weighted by molar-refractivity contribution is 4.88. The molecule has 0 bridgehead atoms. The molecular weight excluding hydrogens is 220 g/mol. The van der Waals surface area contributed by atoms with Crippen molar-refractivity contribution < 1.29 is 0 Å². The quantitative estimate of drug-likeness (QED) is 0.692. The smallest absolute Gasteiger partial charge is 0.0223 e. The third kappa shape index (κ3) is 3.96. The van der Waals surface area contributed by atoms with Gasteiger partial charge in [-0.05, 0) is 45.2 Å². The van der Waals surface area contributed by atoms with E-state index in [-0.39, 0.29) is 0 Å². The summed E-state index contributed by atoms with van der Waals surface area (Å²) in [5, 5.41) is 0. The number of nitrogens with zero attached hydrogens (tertiary/aromatic N) is 2. The van der Waals surface area contributed by atoms with Crippen molar-refractivity contribution in [2.75, 3.05) is 26.2 Å². The number of piperazine rings is 1. The molecule has 2 rings (SSSR count). The van der Waals surface area contributed by atoms with E-state index in [1.807, 2.05) is 0 Å². The molecular formula is C16H32N2. The molecule has 2 aliphatic rings. The van der Waals surface area contributed by atoms with Crippen LogP contribution in [0.25, 0.3) is 0 Å². The second-order valence-corrected chi connectivity index (χ2v) is 6.88. The van der Waals surface area contributed by atoms with E-state index in [1.165, 1.54) is 64.7 Å². The third-order valence-corrected chi connectivity index (χ3v) is 4.79. The lowest BCUT2D eigenvalue weighted by molar-refractivity contribution is 0.0145. The van der Waals surface area contributed by atoms with Crippen molar-refractivity contribution in [1.29, 1.82) is 0 Å². The Hall–Kier alpha value is -0.0800. The van der Waals surface area contributed by atoms with Crippen LogP contribution < -0.4 is 0 Å². The Kier molecular flexibility index (Phi) is 5.50. The van der Waals surface area contributed by atoms with Crippen LogP contribution in [0.1, 0.15) is 59.3 Å². The van der Waals surface area contributed by atoms with Crippen molar-refractivity contribution in [2.24, 2.45) is 5.92 Å². The van der Waals surface area contributed by atoms with Crippen LogP contribution in [-0.4, -0.2) is 48.1 Å². The first-order valence-electron chi connectivity index (χ1n) is 8.15. The Morgan fingerprint density at radius 2 is 1.94 bits per heavy atom. The lowest BCUT2D eigenvalue weighted by Gasteiger charge is -2.47. The average Bonchev–Trinajstić information content (AvgIpc) is 2.34. The molecule has 2 atom stereocenters. The van der Waals surface area contributed by atoms with Gasteiger partial charge in [0.1, 0.15) is 0 Å². The van der Waals surface area contributed by atoms with Crippen molar-refractivity contribution in [1.82, 2.24) is 9.80 Å². The van der Waals surface area contributed by atoms with E-state index in [2.05, 4.69) is 30.6 Å². The minimum Gasteiger partial charge on any atom is -0.298 e. The van der Waals surface area contributed by atoms with Gasteiger partial charge in [-0.1, -0.05) is 33.1 Å². The molecule has 2 heterocycles. The number of fused-ring (bicyclic) bond motifs is 1. The van der Waals surface area contributed by atoms with Gasteiger partial charge in [0, 0.05) is 25.2 Å². The molecule has 106 valence electrons. The maximum atomic E-state index is 2.76. The van der Waals surface area contributed by atoms with Crippen LogP contribution in [-0.2, 0) is 0 Å². The first-order chi connectivity index (χ1) is 8.66. The summed E-state index contributed by atoms with van der Waals surface area (Å²) < 4.78 is 0. The van der Waals surface area contributed by atoms with Gasteiger partial charge in [-0.15, -0.1) is 0 Å². The molecule has 0 aromatic rings. The molecule has 18 heavy (non-hydrogen) atoms. The molecule has 2 saturated heterocycles. The predicted molar refractivity (Wildman–Crippen MR) is 78.9 cm³/mol. The summed E-state index contributed by atoms with van der Waals surface area (Å²) in [4.78, 5) is 5.51. The van der Waals surface area contributed by atoms with E-state index in [0.717, 1.165) is 18.0 Å². The fourth-order valence-corrected chi connectivity index (χ4v) is 3.59. The molecule has 0 radical (unpaired) electrons. The molecule has 0 aromatic heterocycles. The molecule has 0 amide bonds. The first kappa shape index (κ1) is 14.3. The maximum absolute atomic E-state index is 2.76. The van der Waals surface area contributed by atoms with E-state index in [1.54, 1.807) is 0 Å². The predicted octanol–water partition coefficient (Wildman–Crippen LogP) is 3.37. The van der Waals surface area contributed by atoms with Crippen molar-refractivity contribution in [3.63, 3.8) is 0 Å². The van der Waals surface area contributed by atoms with E-state index in [0.29, 0.717) is 0 Å². The zero-order valence-corrected chi connectivity index (χ0v) is 12.7. The lowest BCUT2D eigenvalue weighted by Crippen LogP contribution is -2.58. The maximum Gasteiger partial charge on any atom is 0.0223 e. The number of piperidine rings is 1. The van der Waals surface area contributed by atoms with Gasteiger partial charge in [-0.25, -0.2) is 0 Å². The second kappa shape index (κ2) is 6.91. The summed E-state index contributed by atoms with van der Waals surface area (Å²) in [5.74, 6) is 0.873. The van der Waals surface area contributed by atoms with E-state index >= 15 is 0 Å². The zero-order chi connectivity index (χ0) is 13.0. The Balaban J connectivity index is 1.71. The van der Waals surface area contributed by atoms with Crippen molar-refractivity contribution in [2.45, 2.75) is 71.4 Å². The lowest BCUT2D eigenvalue weighted by atomic mass is 9.97. The van der Waals surface area contributed by atoms with Crippen LogP contribution in [0, 0.1) is 5.92 Å². The largest absolute Gasteiger partial charge is 0.298 e. The molecule has 2 heteroatoms. The number of hydrogen-bond acceptors (Lipinski definition) is 2. The van der Waals surface area contributed by atoms with Crippen LogP contribution in [0.3, 0.4) is 0 Å². The fourth-order valence-electron chi connectivity index (χ4n) is 3.59. The summed E-state index contributed by atoms with van der Waals surface area (Å²) in [6, 6.07) is 1.65. The van der Waals surface area contributed by atoms with Gasteiger partial charge >= 0.3 is 0 Å². The van der Waals surface area contributed by atoms with Crippen molar-refractivity contribution in [3.8, 4) is 0 Å². The Morgan fingerprint density at radius 3 is 2.72 bits per heavy atom. The van der Waals surface area contributed by atoms with Gasteiger partial charge in [0.15, 0.2) is 0 Å². The summed E-state index contributed by atoms with van der Waals surface area (Å²) in [7, 11) is 0. The van der Waals surface area contributed by atoms with Crippen molar-refractivity contribution in [3.05, 3.63) is 0 Å². The topological polar surface area (TPSA) is 6.48 Å². The summed E-state index contributed by atoms with van der Waals surface area (Å²) in [6.07, 6.45) is 8.53. The highest BCUT2D eigenvalue weighted by Crippen LogP contribution is 2.24. The highest BCUT2D eigenvalue weighted by atomic mass is 15.3. The third-order valence-electron chi connectivity index (χ3n) is 4.79. The monoisotopic (exact) mass is 252 g/mol. The molecule has 0 N–H and O–H groups in total. The summed E-state index contributed by atoms with van der Waals surface area (Å²) in [6.45, 7) is 12.4. The zero-order valence-electron chi connectivity index (χ0n) is 12.7. The Morgan fingerprint density at radius 1 is 1.11 bits per heavy atom.